The minimum Gasteiger partial charge on any atom is -0.352 e. The lowest BCUT2D eigenvalue weighted by Gasteiger charge is -2.09. The third-order valence-corrected chi connectivity index (χ3v) is 4.09. The Kier molecular flexibility index (Phi) is 5.24. The van der Waals surface area contributed by atoms with Gasteiger partial charge in [0, 0.05) is 13.1 Å². The van der Waals surface area contributed by atoms with Crippen molar-refractivity contribution >= 4 is 16.7 Å². The number of hydrogen-bond acceptors (Lipinski definition) is 2. The van der Waals surface area contributed by atoms with Crippen molar-refractivity contribution in [1.82, 2.24) is 10.6 Å². The maximum absolute atomic E-state index is 12.3. The summed E-state index contributed by atoms with van der Waals surface area (Å²) in [6, 6.07) is 22.5. The number of nitrogens with one attached hydrogen (secondary N) is 2. The molecule has 3 aromatic carbocycles. The molecule has 0 aromatic heterocycles. The second-order valence-electron chi connectivity index (χ2n) is 5.94. The van der Waals surface area contributed by atoms with E-state index in [1.165, 1.54) is 10.9 Å². The van der Waals surface area contributed by atoms with E-state index in [0.29, 0.717) is 13.0 Å². The predicted octanol–water partition coefficient (Wildman–Crippen LogP) is 3.42. The molecule has 3 heteroatoms. The number of benzene rings is 3. The predicted molar refractivity (Wildman–Crippen MR) is 98.7 cm³/mol. The van der Waals surface area contributed by atoms with Crippen molar-refractivity contribution in [1.29, 1.82) is 0 Å². The SMILES string of the molecule is CNCc1cccc(CNC(=O)Cc2cccc3ccccc23)c1. The van der Waals surface area contributed by atoms with Crippen molar-refractivity contribution in [3.8, 4) is 0 Å². The molecule has 0 aliphatic carbocycles. The fraction of sp³-hybridized carbons (Fsp3) is 0.190. The Balaban J connectivity index is 1.64. The summed E-state index contributed by atoms with van der Waals surface area (Å²) < 4.78 is 0. The number of fused-ring (bicyclic) bond motifs is 1. The summed E-state index contributed by atoms with van der Waals surface area (Å²) in [6.45, 7) is 1.39. The summed E-state index contributed by atoms with van der Waals surface area (Å²) >= 11 is 0. The fourth-order valence-electron chi connectivity index (χ4n) is 2.94. The van der Waals surface area contributed by atoms with Crippen LogP contribution in [0.3, 0.4) is 0 Å². The number of carbonyl (C=O) groups is 1. The summed E-state index contributed by atoms with van der Waals surface area (Å²) in [7, 11) is 1.93. The van der Waals surface area contributed by atoms with Crippen LogP contribution in [0.5, 0.6) is 0 Å². The minimum atomic E-state index is 0.0466. The summed E-state index contributed by atoms with van der Waals surface area (Å²) in [5, 5.41) is 8.47. The largest absolute Gasteiger partial charge is 0.352 e. The lowest BCUT2D eigenvalue weighted by Crippen LogP contribution is -2.24. The highest BCUT2D eigenvalue weighted by Gasteiger charge is 2.07. The van der Waals surface area contributed by atoms with Gasteiger partial charge in [0.05, 0.1) is 6.42 Å². The van der Waals surface area contributed by atoms with E-state index in [0.717, 1.165) is 23.1 Å². The van der Waals surface area contributed by atoms with Crippen molar-refractivity contribution in [2.24, 2.45) is 0 Å². The second-order valence-corrected chi connectivity index (χ2v) is 5.94. The second kappa shape index (κ2) is 7.75. The monoisotopic (exact) mass is 318 g/mol. The molecule has 0 bridgehead atoms. The molecule has 0 saturated heterocycles. The minimum absolute atomic E-state index is 0.0466. The van der Waals surface area contributed by atoms with Gasteiger partial charge >= 0.3 is 0 Å². The van der Waals surface area contributed by atoms with Crippen molar-refractivity contribution < 1.29 is 4.79 Å². The van der Waals surface area contributed by atoms with E-state index in [4.69, 9.17) is 0 Å². The average molecular weight is 318 g/mol. The van der Waals surface area contributed by atoms with Crippen LogP contribution in [0.2, 0.25) is 0 Å². The Hall–Kier alpha value is -2.65. The Morgan fingerprint density at radius 3 is 2.42 bits per heavy atom. The van der Waals surface area contributed by atoms with Gasteiger partial charge < -0.3 is 10.6 Å². The molecule has 3 rings (SSSR count). The number of rotatable bonds is 6. The number of carbonyl (C=O) groups excluding carboxylic acids is 1. The lowest BCUT2D eigenvalue weighted by molar-refractivity contribution is -0.120. The molecular formula is C21H22N2O. The molecule has 0 aliphatic rings. The van der Waals surface area contributed by atoms with Gasteiger partial charge in [-0.05, 0) is 34.5 Å². The molecule has 1 amide bonds. The zero-order chi connectivity index (χ0) is 16.8. The van der Waals surface area contributed by atoms with E-state index >= 15 is 0 Å². The number of amides is 1. The van der Waals surface area contributed by atoms with Gasteiger partial charge in [0.25, 0.3) is 0 Å². The maximum Gasteiger partial charge on any atom is 0.224 e. The number of hydrogen-bond donors (Lipinski definition) is 2. The van der Waals surface area contributed by atoms with Crippen LogP contribution in [0.25, 0.3) is 10.8 Å². The Morgan fingerprint density at radius 1 is 0.875 bits per heavy atom. The van der Waals surface area contributed by atoms with E-state index < -0.39 is 0 Å². The van der Waals surface area contributed by atoms with Gasteiger partial charge in [0.15, 0.2) is 0 Å². The highest BCUT2D eigenvalue weighted by molar-refractivity contribution is 5.90. The van der Waals surface area contributed by atoms with Crippen LogP contribution in [0.1, 0.15) is 16.7 Å². The first-order valence-corrected chi connectivity index (χ1v) is 8.22. The molecule has 0 radical (unpaired) electrons. The normalized spacial score (nSPS) is 10.7. The molecule has 3 nitrogen and oxygen atoms in total. The van der Waals surface area contributed by atoms with Gasteiger partial charge in [-0.15, -0.1) is 0 Å². The molecule has 0 atom stereocenters. The van der Waals surface area contributed by atoms with Gasteiger partial charge in [0.2, 0.25) is 5.91 Å². The zero-order valence-electron chi connectivity index (χ0n) is 13.9. The molecule has 0 spiro atoms. The first kappa shape index (κ1) is 16.2. The molecule has 0 unspecified atom stereocenters. The highest BCUT2D eigenvalue weighted by atomic mass is 16.1. The molecule has 0 saturated carbocycles. The van der Waals surface area contributed by atoms with Gasteiger partial charge in [-0.1, -0.05) is 66.7 Å². The third-order valence-electron chi connectivity index (χ3n) is 4.09. The van der Waals surface area contributed by atoms with Crippen LogP contribution in [-0.2, 0) is 24.3 Å². The molecule has 2 N–H and O–H groups in total. The average Bonchev–Trinajstić information content (AvgIpc) is 2.61. The van der Waals surface area contributed by atoms with Crippen LogP contribution in [0, 0.1) is 0 Å². The molecular weight excluding hydrogens is 296 g/mol. The van der Waals surface area contributed by atoms with Crippen LogP contribution in [0.15, 0.2) is 66.7 Å². The topological polar surface area (TPSA) is 41.1 Å². The van der Waals surface area contributed by atoms with Crippen LogP contribution in [0.4, 0.5) is 0 Å². The van der Waals surface area contributed by atoms with E-state index in [2.05, 4.69) is 41.0 Å². The van der Waals surface area contributed by atoms with Gasteiger partial charge in [-0.3, -0.25) is 4.79 Å². The summed E-state index contributed by atoms with van der Waals surface area (Å²) in [5.74, 6) is 0.0466. The quantitative estimate of drug-likeness (QED) is 0.731. The Labute approximate surface area is 142 Å². The summed E-state index contributed by atoms with van der Waals surface area (Å²) in [4.78, 5) is 12.3. The van der Waals surface area contributed by atoms with Crippen LogP contribution < -0.4 is 10.6 Å². The molecule has 24 heavy (non-hydrogen) atoms. The summed E-state index contributed by atoms with van der Waals surface area (Å²) in [6.07, 6.45) is 0.400. The highest BCUT2D eigenvalue weighted by Crippen LogP contribution is 2.18. The molecule has 0 aliphatic heterocycles. The van der Waals surface area contributed by atoms with Crippen molar-refractivity contribution in [2.45, 2.75) is 19.5 Å². The molecule has 122 valence electrons. The first-order valence-electron chi connectivity index (χ1n) is 8.22. The van der Waals surface area contributed by atoms with E-state index in [-0.39, 0.29) is 5.91 Å². The van der Waals surface area contributed by atoms with Crippen LogP contribution in [-0.4, -0.2) is 13.0 Å². The Bertz CT molecular complexity index is 837. The van der Waals surface area contributed by atoms with E-state index in [9.17, 15) is 4.79 Å². The van der Waals surface area contributed by atoms with E-state index in [1.54, 1.807) is 0 Å². The molecule has 3 aromatic rings. The molecule has 0 heterocycles. The first-order chi connectivity index (χ1) is 11.8. The summed E-state index contributed by atoms with van der Waals surface area (Å²) in [5.41, 5.74) is 3.40. The fourth-order valence-corrected chi connectivity index (χ4v) is 2.94. The maximum atomic E-state index is 12.3. The molecule has 0 fully saturated rings. The standard InChI is InChI=1S/C21H22N2O/c1-22-14-16-6-4-7-17(12-16)15-23-21(24)13-19-10-5-9-18-8-2-3-11-20(18)19/h2-12,22H,13-15H2,1H3,(H,23,24). The zero-order valence-corrected chi connectivity index (χ0v) is 13.9. The van der Waals surface area contributed by atoms with Gasteiger partial charge in [0.1, 0.15) is 0 Å². The Morgan fingerprint density at radius 2 is 1.58 bits per heavy atom. The van der Waals surface area contributed by atoms with Gasteiger partial charge in [-0.25, -0.2) is 0 Å². The lowest BCUT2D eigenvalue weighted by atomic mass is 10.0. The van der Waals surface area contributed by atoms with Gasteiger partial charge in [-0.2, -0.15) is 0 Å². The van der Waals surface area contributed by atoms with Crippen molar-refractivity contribution in [3.05, 3.63) is 83.4 Å². The van der Waals surface area contributed by atoms with Crippen molar-refractivity contribution in [2.75, 3.05) is 7.05 Å². The smallest absolute Gasteiger partial charge is 0.224 e. The van der Waals surface area contributed by atoms with Crippen LogP contribution >= 0.6 is 0 Å². The van der Waals surface area contributed by atoms with E-state index in [1.807, 2.05) is 43.4 Å². The third kappa shape index (κ3) is 4.00. The van der Waals surface area contributed by atoms with Crippen molar-refractivity contribution in [3.63, 3.8) is 0 Å².